The highest BCUT2D eigenvalue weighted by Gasteiger charge is 2.32. The molecular formula is C53H96N10O6. The standard InChI is InChI=1S/C46H73N9O6.2C2H4.3CH4.H3N/c1-32(2)27-40(54-44(59)36(28-33-13-5-3-6-14-33)31-41(56)38(50)29-34-15-7-4-8-16-34)42(57)30-35(17-11-20-47)43(58)52-22-10-9-19-39(46(61)55-25-23-51-24-26-55)53-45(60)37(49)18-12-21-48;2*1-2;;;;/h3-8,13-16,32,35-40,51H,9-12,17-31,47-50H2,1-2H3,(H,52,58)(H,53,60)(H,54,59);2*1-2H2;3*1H4;1H3/t35-,36-,37+,38+,39-,40+;;;;;;/m0....../s1. The lowest BCUT2D eigenvalue weighted by molar-refractivity contribution is -0.137. The third kappa shape index (κ3) is 28.2. The Labute approximate surface area is 417 Å². The van der Waals surface area contributed by atoms with E-state index in [1.54, 1.807) is 4.90 Å². The fourth-order valence-electron chi connectivity index (χ4n) is 7.58. The summed E-state index contributed by atoms with van der Waals surface area (Å²) in [6.07, 6.45) is 4.20. The van der Waals surface area contributed by atoms with Crippen molar-refractivity contribution < 1.29 is 28.8 Å². The van der Waals surface area contributed by atoms with Crippen molar-refractivity contribution >= 4 is 35.2 Å². The zero-order chi connectivity index (χ0) is 48.6. The van der Waals surface area contributed by atoms with Crippen LogP contribution in [-0.2, 0) is 41.6 Å². The molecule has 69 heavy (non-hydrogen) atoms. The van der Waals surface area contributed by atoms with Gasteiger partial charge in [-0.2, -0.15) is 0 Å². The number of ketones is 2. The van der Waals surface area contributed by atoms with Crippen molar-refractivity contribution in [2.24, 2.45) is 40.7 Å². The number of hydrogen-bond donors (Lipinski definition) is 9. The quantitative estimate of drug-likeness (QED) is 0.0377. The molecule has 0 saturated carbocycles. The summed E-state index contributed by atoms with van der Waals surface area (Å²) in [4.78, 5) is 83.2. The number of hydrogen-bond acceptors (Lipinski definition) is 12. The summed E-state index contributed by atoms with van der Waals surface area (Å²) in [6.45, 7) is 19.4. The Balaban J connectivity index is -0.00000257. The third-order valence-electron chi connectivity index (χ3n) is 11.2. The van der Waals surface area contributed by atoms with Crippen LogP contribution >= 0.6 is 0 Å². The van der Waals surface area contributed by atoms with Gasteiger partial charge in [-0.3, -0.25) is 28.8 Å². The van der Waals surface area contributed by atoms with Gasteiger partial charge in [-0.15, -0.1) is 26.3 Å². The van der Waals surface area contributed by atoms with E-state index in [1.165, 1.54) is 0 Å². The maximum Gasteiger partial charge on any atom is 0.245 e. The lowest BCUT2D eigenvalue weighted by Crippen LogP contribution is -2.56. The van der Waals surface area contributed by atoms with E-state index in [0.717, 1.165) is 11.1 Å². The van der Waals surface area contributed by atoms with Crippen LogP contribution in [0.25, 0.3) is 0 Å². The first-order valence-electron chi connectivity index (χ1n) is 23.2. The summed E-state index contributed by atoms with van der Waals surface area (Å²) < 4.78 is 0. The highest BCUT2D eigenvalue weighted by molar-refractivity contribution is 5.95. The van der Waals surface area contributed by atoms with E-state index in [1.807, 2.05) is 74.5 Å². The number of carbonyl (C=O) groups excluding carboxylic acids is 6. The molecule has 0 unspecified atom stereocenters. The van der Waals surface area contributed by atoms with Crippen LogP contribution in [0.1, 0.15) is 111 Å². The number of benzene rings is 2. The van der Waals surface area contributed by atoms with Gasteiger partial charge in [0.25, 0.3) is 0 Å². The fourth-order valence-corrected chi connectivity index (χ4v) is 7.58. The molecule has 6 atom stereocenters. The second-order valence-electron chi connectivity index (χ2n) is 16.8. The van der Waals surface area contributed by atoms with E-state index < -0.39 is 47.8 Å². The number of carbonyl (C=O) groups is 6. The van der Waals surface area contributed by atoms with Crippen LogP contribution < -0.4 is 50.4 Å². The molecule has 0 aromatic heterocycles. The first-order chi connectivity index (χ1) is 31.3. The van der Waals surface area contributed by atoms with Crippen LogP contribution in [0.3, 0.4) is 0 Å². The summed E-state index contributed by atoms with van der Waals surface area (Å²) in [5, 5.41) is 12.0. The lowest BCUT2D eigenvalue weighted by atomic mass is 9.88. The molecule has 1 fully saturated rings. The minimum absolute atomic E-state index is 0. The number of unbranched alkanes of at least 4 members (excludes halogenated alkanes) is 1. The Morgan fingerprint density at radius 2 is 1.13 bits per heavy atom. The molecule has 0 aliphatic carbocycles. The molecular weight excluding hydrogens is 873 g/mol. The van der Waals surface area contributed by atoms with Gasteiger partial charge in [0.2, 0.25) is 23.6 Å². The van der Waals surface area contributed by atoms with Crippen molar-refractivity contribution in [3.63, 3.8) is 0 Å². The van der Waals surface area contributed by atoms with Crippen molar-refractivity contribution in [3.05, 3.63) is 98.1 Å². The Hall–Kier alpha value is -5.10. The normalized spacial score (nSPS) is 14.1. The van der Waals surface area contributed by atoms with Gasteiger partial charge in [-0.1, -0.05) is 96.8 Å². The summed E-state index contributed by atoms with van der Waals surface area (Å²) >= 11 is 0. The summed E-state index contributed by atoms with van der Waals surface area (Å²) in [5.41, 5.74) is 25.7. The maximum absolute atomic E-state index is 14.1. The zero-order valence-electron chi connectivity index (χ0n) is 40.0. The van der Waals surface area contributed by atoms with Gasteiger partial charge in [-0.25, -0.2) is 0 Å². The minimum atomic E-state index is -0.865. The van der Waals surface area contributed by atoms with Gasteiger partial charge in [0.05, 0.1) is 18.1 Å². The molecule has 1 heterocycles. The van der Waals surface area contributed by atoms with Crippen molar-refractivity contribution in [1.82, 2.24) is 32.3 Å². The molecule has 1 saturated heterocycles. The maximum atomic E-state index is 14.1. The molecule has 0 spiro atoms. The Morgan fingerprint density at radius 1 is 0.623 bits per heavy atom. The van der Waals surface area contributed by atoms with Crippen molar-refractivity contribution in [2.75, 3.05) is 45.8 Å². The second kappa shape index (κ2) is 41.8. The highest BCUT2D eigenvalue weighted by atomic mass is 16.2. The second-order valence-corrected chi connectivity index (χ2v) is 16.8. The minimum Gasteiger partial charge on any atom is -0.356 e. The summed E-state index contributed by atoms with van der Waals surface area (Å²) in [6, 6.07) is 15.7. The number of piperazine rings is 1. The Bertz CT molecular complexity index is 1680. The number of nitrogens with two attached hydrogens (primary N) is 4. The van der Waals surface area contributed by atoms with E-state index in [4.69, 9.17) is 22.9 Å². The Kier molecular flexibility index (Phi) is 42.7. The van der Waals surface area contributed by atoms with Crippen LogP contribution in [0.5, 0.6) is 0 Å². The number of nitrogens with zero attached hydrogens (tertiary/aromatic N) is 1. The van der Waals surface area contributed by atoms with Crippen LogP contribution in [-0.4, -0.2) is 110 Å². The molecule has 2 aromatic carbocycles. The van der Waals surface area contributed by atoms with E-state index in [9.17, 15) is 28.8 Å². The molecule has 16 nitrogen and oxygen atoms in total. The number of rotatable bonds is 29. The topological polar surface area (TPSA) is 293 Å². The van der Waals surface area contributed by atoms with Gasteiger partial charge < -0.3 is 55.3 Å². The van der Waals surface area contributed by atoms with E-state index in [-0.39, 0.29) is 70.6 Å². The molecule has 0 radical (unpaired) electrons. The Morgan fingerprint density at radius 3 is 1.67 bits per heavy atom. The molecule has 3 rings (SSSR count). The number of Topliss-reactive ketones (excluding diaryl/α,β-unsaturated/α-hetero) is 2. The highest BCUT2D eigenvalue weighted by Crippen LogP contribution is 2.20. The third-order valence-corrected chi connectivity index (χ3v) is 11.2. The molecule has 0 bridgehead atoms. The predicted octanol–water partition coefficient (Wildman–Crippen LogP) is 5.16. The zero-order valence-corrected chi connectivity index (χ0v) is 40.0. The molecule has 4 amide bonds. The van der Waals surface area contributed by atoms with Gasteiger partial charge >= 0.3 is 0 Å². The number of nitrogens with one attached hydrogen (secondary N) is 4. The summed E-state index contributed by atoms with van der Waals surface area (Å²) in [7, 11) is 0. The SMILES string of the molecule is C.C.C.C=C.C=C.CC(C)C[C@@H](NC(=O)[C@H](CC(=O)[C@H](N)Cc1ccccc1)Cc1ccccc1)C(=O)C[C@H](CCCN)C(=O)NCCCC[C@H](NC(=O)[C@H](N)CCCN)C(=O)N1CCNCC1.N. The molecule has 16 heteroatoms. The van der Waals surface area contributed by atoms with Gasteiger partial charge in [-0.05, 0) is 94.3 Å². The molecule has 2 aromatic rings. The monoisotopic (exact) mass is 969 g/mol. The lowest BCUT2D eigenvalue weighted by Gasteiger charge is -2.31. The molecule has 1 aliphatic rings. The van der Waals surface area contributed by atoms with Crippen LogP contribution in [0.4, 0.5) is 0 Å². The number of amides is 4. The first kappa shape index (κ1) is 70.5. The van der Waals surface area contributed by atoms with Crippen molar-refractivity contribution in [2.45, 2.75) is 137 Å². The first-order valence-corrected chi connectivity index (χ1v) is 23.2. The fraction of sp³-hybridized carbons (Fsp3) is 0.585. The van der Waals surface area contributed by atoms with E-state index in [2.05, 4.69) is 47.6 Å². The average molecular weight is 969 g/mol. The summed E-state index contributed by atoms with van der Waals surface area (Å²) in [5.74, 6) is -3.13. The van der Waals surface area contributed by atoms with Gasteiger partial charge in [0.1, 0.15) is 6.04 Å². The van der Waals surface area contributed by atoms with Crippen molar-refractivity contribution in [3.8, 4) is 0 Å². The van der Waals surface area contributed by atoms with Crippen molar-refractivity contribution in [1.29, 1.82) is 0 Å². The molecule has 1 aliphatic heterocycles. The van der Waals surface area contributed by atoms with Crippen LogP contribution in [0.2, 0.25) is 0 Å². The predicted molar refractivity (Wildman–Crippen MR) is 286 cm³/mol. The molecule has 15 N–H and O–H groups in total. The van der Waals surface area contributed by atoms with Crippen LogP contribution in [0, 0.1) is 17.8 Å². The van der Waals surface area contributed by atoms with Crippen LogP contribution in [0.15, 0.2) is 87.0 Å². The van der Waals surface area contributed by atoms with E-state index >= 15 is 0 Å². The largest absolute Gasteiger partial charge is 0.356 e. The van der Waals surface area contributed by atoms with Gasteiger partial charge in [0.15, 0.2) is 11.6 Å². The van der Waals surface area contributed by atoms with Gasteiger partial charge in [0, 0.05) is 57.4 Å². The van der Waals surface area contributed by atoms with E-state index in [0.29, 0.717) is 110 Å². The smallest absolute Gasteiger partial charge is 0.245 e. The average Bonchev–Trinajstić information content (AvgIpc) is 3.32. The molecule has 394 valence electrons.